The van der Waals surface area contributed by atoms with Crippen molar-refractivity contribution in [3.8, 4) is 0 Å². The van der Waals surface area contributed by atoms with Crippen molar-refractivity contribution in [2.45, 2.75) is 32.2 Å². The molecule has 0 spiro atoms. The molecule has 0 radical (unpaired) electrons. The zero-order chi connectivity index (χ0) is 16.5. The van der Waals surface area contributed by atoms with E-state index in [4.69, 9.17) is 0 Å². The molecular formula is C21H21NOS. The van der Waals surface area contributed by atoms with Gasteiger partial charge in [-0.2, -0.15) is 0 Å². The largest absolute Gasteiger partial charge is 0.335 e. The molecule has 3 heteroatoms. The summed E-state index contributed by atoms with van der Waals surface area (Å²) < 4.78 is 0. The van der Waals surface area contributed by atoms with E-state index in [0.29, 0.717) is 6.04 Å². The maximum absolute atomic E-state index is 12.9. The van der Waals surface area contributed by atoms with Gasteiger partial charge in [0.25, 0.3) is 5.91 Å². The number of aryl methyl sites for hydroxylation is 1. The minimum atomic E-state index is 0.204. The number of benzene rings is 2. The average molecular weight is 335 g/mol. The lowest BCUT2D eigenvalue weighted by Gasteiger charge is -2.25. The Labute approximate surface area is 146 Å². The first-order valence-corrected chi connectivity index (χ1v) is 9.38. The van der Waals surface area contributed by atoms with Crippen LogP contribution in [0, 0.1) is 6.92 Å². The molecule has 1 amide bonds. The molecular weight excluding hydrogens is 314 g/mol. The van der Waals surface area contributed by atoms with Crippen LogP contribution in [-0.4, -0.2) is 23.4 Å². The molecule has 2 aromatic carbocycles. The van der Waals surface area contributed by atoms with Gasteiger partial charge >= 0.3 is 0 Å². The Kier molecular flexibility index (Phi) is 4.11. The highest BCUT2D eigenvalue weighted by atomic mass is 32.1. The molecule has 1 unspecified atom stereocenters. The first kappa shape index (κ1) is 15.4. The molecule has 1 aliphatic rings. The molecule has 2 nitrogen and oxygen atoms in total. The minimum Gasteiger partial charge on any atom is -0.335 e. The van der Waals surface area contributed by atoms with Crippen LogP contribution in [0.15, 0.2) is 54.6 Å². The summed E-state index contributed by atoms with van der Waals surface area (Å²) >= 11 is 1.60. The second-order valence-corrected chi connectivity index (χ2v) is 7.84. The zero-order valence-electron chi connectivity index (χ0n) is 13.9. The Balaban J connectivity index is 1.60. The predicted molar refractivity (Wildman–Crippen MR) is 101 cm³/mol. The first-order chi connectivity index (χ1) is 11.7. The lowest BCUT2D eigenvalue weighted by atomic mass is 9.97. The third-order valence-electron chi connectivity index (χ3n) is 4.92. The Morgan fingerprint density at radius 3 is 2.79 bits per heavy atom. The monoisotopic (exact) mass is 335 g/mol. The molecule has 0 aliphatic carbocycles. The average Bonchev–Trinajstić information content (AvgIpc) is 3.24. The number of hydrogen-bond acceptors (Lipinski definition) is 2. The molecule has 3 aromatic rings. The first-order valence-electron chi connectivity index (χ1n) is 8.56. The van der Waals surface area contributed by atoms with Crippen molar-refractivity contribution in [1.29, 1.82) is 0 Å². The molecule has 24 heavy (non-hydrogen) atoms. The van der Waals surface area contributed by atoms with E-state index >= 15 is 0 Å². The Morgan fingerprint density at radius 2 is 1.96 bits per heavy atom. The molecule has 1 saturated heterocycles. The number of nitrogens with zero attached hydrogens (tertiary/aromatic N) is 1. The number of thiophene rings is 1. The predicted octanol–water partition coefficient (Wildman–Crippen LogP) is 5.06. The highest BCUT2D eigenvalue weighted by molar-refractivity contribution is 7.13. The Morgan fingerprint density at radius 1 is 1.12 bits per heavy atom. The van der Waals surface area contributed by atoms with Crippen LogP contribution in [-0.2, 0) is 6.42 Å². The van der Waals surface area contributed by atoms with Crippen LogP contribution >= 0.6 is 11.3 Å². The molecule has 0 bridgehead atoms. The number of rotatable bonds is 3. The van der Waals surface area contributed by atoms with Crippen molar-refractivity contribution in [3.63, 3.8) is 0 Å². The molecule has 1 atom stereocenters. The van der Waals surface area contributed by atoms with Gasteiger partial charge in [-0.15, -0.1) is 11.3 Å². The van der Waals surface area contributed by atoms with Crippen LogP contribution in [0.3, 0.4) is 0 Å². The van der Waals surface area contributed by atoms with E-state index in [1.807, 2.05) is 12.1 Å². The summed E-state index contributed by atoms with van der Waals surface area (Å²) in [5.41, 5.74) is 1.35. The van der Waals surface area contributed by atoms with Gasteiger partial charge < -0.3 is 4.90 Å². The fraction of sp³-hybridized carbons (Fsp3) is 0.286. The molecule has 1 aliphatic heterocycles. The summed E-state index contributed by atoms with van der Waals surface area (Å²) in [7, 11) is 0. The fourth-order valence-electron chi connectivity index (χ4n) is 3.73. The SMILES string of the molecule is Cc1ccc(C(=O)N2CCCC2Cc2cccc3ccccc23)s1. The second kappa shape index (κ2) is 6.40. The Bertz CT molecular complexity index is 877. The highest BCUT2D eigenvalue weighted by Gasteiger charge is 2.30. The summed E-state index contributed by atoms with van der Waals surface area (Å²) in [6, 6.07) is 19.3. The van der Waals surface area contributed by atoms with Crippen molar-refractivity contribution in [2.24, 2.45) is 0 Å². The van der Waals surface area contributed by atoms with Gasteiger partial charge in [0.2, 0.25) is 0 Å². The van der Waals surface area contributed by atoms with Crippen LogP contribution in [0.1, 0.15) is 33.0 Å². The lowest BCUT2D eigenvalue weighted by Crippen LogP contribution is -2.36. The maximum atomic E-state index is 12.9. The zero-order valence-corrected chi connectivity index (χ0v) is 14.7. The summed E-state index contributed by atoms with van der Waals surface area (Å²) in [5.74, 6) is 0.204. The maximum Gasteiger partial charge on any atom is 0.264 e. The van der Waals surface area contributed by atoms with Gasteiger partial charge in [0, 0.05) is 17.5 Å². The standard InChI is InChI=1S/C21H21NOS/c1-15-11-12-20(24-15)21(23)22-13-5-9-18(22)14-17-8-4-7-16-6-2-3-10-19(16)17/h2-4,6-8,10-12,18H,5,9,13-14H2,1H3. The van der Waals surface area contributed by atoms with Crippen LogP contribution in [0.2, 0.25) is 0 Å². The smallest absolute Gasteiger partial charge is 0.264 e. The molecule has 0 saturated carbocycles. The quantitative estimate of drug-likeness (QED) is 0.655. The molecule has 4 rings (SSSR count). The number of carbonyl (C=O) groups excluding carboxylic acids is 1. The van der Waals surface area contributed by atoms with Crippen molar-refractivity contribution >= 4 is 28.0 Å². The van der Waals surface area contributed by atoms with Crippen molar-refractivity contribution in [2.75, 3.05) is 6.54 Å². The third kappa shape index (κ3) is 2.84. The van der Waals surface area contributed by atoms with Gasteiger partial charge in [-0.3, -0.25) is 4.79 Å². The van der Waals surface area contributed by atoms with Crippen molar-refractivity contribution < 1.29 is 4.79 Å². The van der Waals surface area contributed by atoms with E-state index in [0.717, 1.165) is 30.7 Å². The van der Waals surface area contributed by atoms with E-state index in [1.54, 1.807) is 11.3 Å². The number of fused-ring (bicyclic) bond motifs is 1. The van der Waals surface area contributed by atoms with Crippen LogP contribution in [0.25, 0.3) is 10.8 Å². The van der Waals surface area contributed by atoms with Gasteiger partial charge in [-0.25, -0.2) is 0 Å². The lowest BCUT2D eigenvalue weighted by molar-refractivity contribution is 0.0741. The van der Waals surface area contributed by atoms with Gasteiger partial charge in [-0.1, -0.05) is 42.5 Å². The van der Waals surface area contributed by atoms with Gasteiger partial charge in [-0.05, 0) is 54.7 Å². The van der Waals surface area contributed by atoms with Crippen LogP contribution < -0.4 is 0 Å². The molecule has 2 heterocycles. The van der Waals surface area contributed by atoms with Gasteiger partial charge in [0.05, 0.1) is 4.88 Å². The molecule has 1 aromatic heterocycles. The minimum absolute atomic E-state index is 0.204. The van der Waals surface area contributed by atoms with Gasteiger partial charge in [0.15, 0.2) is 0 Å². The number of hydrogen-bond donors (Lipinski definition) is 0. The summed E-state index contributed by atoms with van der Waals surface area (Å²) in [6.07, 6.45) is 3.14. The normalized spacial score (nSPS) is 17.5. The van der Waals surface area contributed by atoms with E-state index < -0.39 is 0 Å². The summed E-state index contributed by atoms with van der Waals surface area (Å²) in [6.45, 7) is 2.93. The topological polar surface area (TPSA) is 20.3 Å². The fourth-order valence-corrected chi connectivity index (χ4v) is 4.55. The van der Waals surface area contributed by atoms with E-state index in [9.17, 15) is 4.79 Å². The van der Waals surface area contributed by atoms with Crippen LogP contribution in [0.4, 0.5) is 0 Å². The molecule has 0 N–H and O–H groups in total. The number of carbonyl (C=O) groups is 1. The van der Waals surface area contributed by atoms with E-state index in [2.05, 4.69) is 54.3 Å². The van der Waals surface area contributed by atoms with Gasteiger partial charge in [0.1, 0.15) is 0 Å². The third-order valence-corrected chi connectivity index (χ3v) is 5.91. The number of amides is 1. The van der Waals surface area contributed by atoms with Crippen LogP contribution in [0.5, 0.6) is 0 Å². The van der Waals surface area contributed by atoms with Crippen molar-refractivity contribution in [1.82, 2.24) is 4.90 Å². The van der Waals surface area contributed by atoms with E-state index in [1.165, 1.54) is 21.2 Å². The number of likely N-dealkylation sites (tertiary alicyclic amines) is 1. The summed E-state index contributed by atoms with van der Waals surface area (Å²) in [5, 5.41) is 2.59. The molecule has 122 valence electrons. The highest BCUT2D eigenvalue weighted by Crippen LogP contribution is 2.28. The Hall–Kier alpha value is -2.13. The summed E-state index contributed by atoms with van der Waals surface area (Å²) in [4.78, 5) is 17.0. The van der Waals surface area contributed by atoms with Crippen molar-refractivity contribution in [3.05, 3.63) is 69.9 Å². The second-order valence-electron chi connectivity index (χ2n) is 6.55. The van der Waals surface area contributed by atoms with E-state index in [-0.39, 0.29) is 5.91 Å². The molecule has 1 fully saturated rings.